The fourth-order valence-corrected chi connectivity index (χ4v) is 4.43. The van der Waals surface area contributed by atoms with Crippen molar-refractivity contribution in [1.82, 2.24) is 15.2 Å². The third-order valence-corrected chi connectivity index (χ3v) is 5.97. The molecule has 8 nitrogen and oxygen atoms in total. The minimum absolute atomic E-state index is 0.0612. The van der Waals surface area contributed by atoms with Crippen LogP contribution < -0.4 is 10.1 Å². The second kappa shape index (κ2) is 9.68. The highest BCUT2D eigenvalue weighted by atomic mass is 19.2. The van der Waals surface area contributed by atoms with Crippen molar-refractivity contribution >= 4 is 34.4 Å². The van der Waals surface area contributed by atoms with Crippen LogP contribution in [-0.4, -0.2) is 47.6 Å². The smallest absolute Gasteiger partial charge is 0.412 e. The molecular weight excluding hydrogens is 484 g/mol. The molecule has 0 radical (unpaired) electrons. The van der Waals surface area contributed by atoms with Crippen LogP contribution in [0.1, 0.15) is 49.3 Å². The first kappa shape index (κ1) is 25.9. The number of amides is 2. The number of carbonyl (C=O) groups is 3. The summed E-state index contributed by atoms with van der Waals surface area (Å²) >= 11 is 0. The lowest BCUT2D eigenvalue weighted by atomic mass is 9.81. The molecule has 194 valence electrons. The van der Waals surface area contributed by atoms with Gasteiger partial charge in [0.05, 0.1) is 17.4 Å². The molecule has 2 amide bonds. The second-order valence-corrected chi connectivity index (χ2v) is 9.66. The van der Waals surface area contributed by atoms with E-state index in [1.54, 1.807) is 32.0 Å². The molecule has 2 aromatic carbocycles. The number of halogens is 2. The lowest BCUT2D eigenvalue weighted by Crippen LogP contribution is -2.37. The van der Waals surface area contributed by atoms with Gasteiger partial charge in [-0.25, -0.2) is 18.4 Å². The monoisotopic (exact) mass is 511 g/mol. The number of aromatic nitrogens is 1. The van der Waals surface area contributed by atoms with Gasteiger partial charge in [0, 0.05) is 47.7 Å². The Balaban J connectivity index is 1.87. The number of aromatic amines is 1. The molecule has 3 aromatic rings. The Bertz CT molecular complexity index is 1440. The number of hydrogen-bond acceptors (Lipinski definition) is 5. The van der Waals surface area contributed by atoms with Gasteiger partial charge in [-0.3, -0.25) is 4.79 Å². The maximum atomic E-state index is 13.9. The van der Waals surface area contributed by atoms with Crippen molar-refractivity contribution in [2.24, 2.45) is 0 Å². The second-order valence-electron chi connectivity index (χ2n) is 9.66. The average Bonchev–Trinajstić information content (AvgIpc) is 3.16. The third-order valence-electron chi connectivity index (χ3n) is 5.97. The van der Waals surface area contributed by atoms with E-state index in [9.17, 15) is 23.2 Å². The third kappa shape index (κ3) is 5.04. The Morgan fingerprint density at radius 1 is 1.08 bits per heavy atom. The Morgan fingerprint density at radius 2 is 1.81 bits per heavy atom. The predicted octanol–water partition coefficient (Wildman–Crippen LogP) is 4.89. The zero-order valence-corrected chi connectivity index (χ0v) is 21.1. The molecule has 0 saturated carbocycles. The predicted molar refractivity (Wildman–Crippen MR) is 133 cm³/mol. The number of carbonyl (C=O) groups excluding carboxylic acids is 3. The first-order chi connectivity index (χ1) is 17.4. The first-order valence-corrected chi connectivity index (χ1v) is 11.7. The van der Waals surface area contributed by atoms with Crippen LogP contribution >= 0.6 is 0 Å². The van der Waals surface area contributed by atoms with E-state index in [0.717, 1.165) is 23.1 Å². The topological polar surface area (TPSA) is 101 Å². The lowest BCUT2D eigenvalue weighted by Gasteiger charge is -2.29. The van der Waals surface area contributed by atoms with Gasteiger partial charge in [-0.05, 0) is 49.7 Å². The zero-order valence-electron chi connectivity index (χ0n) is 21.1. The molecule has 0 fully saturated rings. The number of ether oxygens (including phenoxy) is 2. The average molecular weight is 512 g/mol. The Hall–Kier alpha value is -4.21. The summed E-state index contributed by atoms with van der Waals surface area (Å²) < 4.78 is 38.1. The fraction of sp³-hybridized carbons (Fsp3) is 0.296. The maximum Gasteiger partial charge on any atom is 0.412 e. The summed E-state index contributed by atoms with van der Waals surface area (Å²) in [6.45, 7) is 7.35. The number of fused-ring (bicyclic) bond motifs is 3. The minimum Gasteiger partial charge on any atom is -0.459 e. The van der Waals surface area contributed by atoms with Crippen LogP contribution in [0.25, 0.3) is 16.5 Å². The highest BCUT2D eigenvalue weighted by molar-refractivity contribution is 6.18. The van der Waals surface area contributed by atoms with Crippen LogP contribution in [-0.2, 0) is 14.9 Å². The van der Waals surface area contributed by atoms with E-state index in [4.69, 9.17) is 9.47 Å². The van der Waals surface area contributed by atoms with Crippen LogP contribution in [0.4, 0.5) is 13.6 Å². The molecule has 0 atom stereocenters. The molecule has 1 aliphatic heterocycles. The Morgan fingerprint density at radius 3 is 2.46 bits per heavy atom. The quantitative estimate of drug-likeness (QED) is 0.486. The van der Waals surface area contributed by atoms with Crippen molar-refractivity contribution in [3.63, 3.8) is 0 Å². The standard InChI is InChI=1S/C27H27F2N3O5/c1-14(2)36-25(34)18-12-32(24(33)15-6-9-19(28)20(29)10-15)13-27(3,4)22-17-8-7-16(37-26(35)30-5)11-21(17)31-23(18)22/h6-12,14,31H,13H2,1-5H3,(H,30,35). The summed E-state index contributed by atoms with van der Waals surface area (Å²) in [4.78, 5) is 42.8. The molecule has 0 saturated heterocycles. The van der Waals surface area contributed by atoms with Crippen LogP contribution in [0, 0.1) is 11.6 Å². The molecule has 0 unspecified atom stereocenters. The molecule has 1 aromatic heterocycles. The summed E-state index contributed by atoms with van der Waals surface area (Å²) in [6.07, 6.45) is 0.319. The molecule has 2 heterocycles. The Labute approximate surface area is 212 Å². The summed E-state index contributed by atoms with van der Waals surface area (Å²) in [5, 5.41) is 3.14. The molecule has 4 rings (SSSR count). The Kier molecular flexibility index (Phi) is 6.77. The van der Waals surface area contributed by atoms with Crippen molar-refractivity contribution in [2.75, 3.05) is 13.6 Å². The molecule has 1 aliphatic rings. The number of H-pyrrole nitrogens is 1. The van der Waals surface area contributed by atoms with Gasteiger partial charge in [-0.1, -0.05) is 13.8 Å². The SMILES string of the molecule is CNC(=O)Oc1ccc2c3c([nH]c2c1)C(C(=O)OC(C)C)=CN(C(=O)c1ccc(F)c(F)c1)CC3(C)C. The number of benzene rings is 2. The summed E-state index contributed by atoms with van der Waals surface area (Å²) in [5.74, 6) is -3.17. The summed E-state index contributed by atoms with van der Waals surface area (Å²) in [7, 11) is 1.45. The largest absolute Gasteiger partial charge is 0.459 e. The van der Waals surface area contributed by atoms with Crippen molar-refractivity contribution in [2.45, 2.75) is 39.2 Å². The van der Waals surface area contributed by atoms with Gasteiger partial charge < -0.3 is 24.7 Å². The van der Waals surface area contributed by atoms with Crippen LogP contribution in [0.3, 0.4) is 0 Å². The van der Waals surface area contributed by atoms with Crippen molar-refractivity contribution < 1.29 is 32.6 Å². The van der Waals surface area contributed by atoms with E-state index in [1.807, 2.05) is 13.8 Å². The first-order valence-electron chi connectivity index (χ1n) is 11.7. The van der Waals surface area contributed by atoms with Crippen LogP contribution in [0.15, 0.2) is 42.6 Å². The fourth-order valence-electron chi connectivity index (χ4n) is 4.43. The molecule has 2 N–H and O–H groups in total. The summed E-state index contributed by atoms with van der Waals surface area (Å²) in [5.41, 5.74) is 1.14. The minimum atomic E-state index is -1.14. The highest BCUT2D eigenvalue weighted by Gasteiger charge is 2.38. The number of nitrogens with one attached hydrogen (secondary N) is 2. The van der Waals surface area contributed by atoms with E-state index in [-0.39, 0.29) is 17.7 Å². The lowest BCUT2D eigenvalue weighted by molar-refractivity contribution is -0.140. The molecule has 10 heteroatoms. The van der Waals surface area contributed by atoms with E-state index in [0.29, 0.717) is 17.0 Å². The van der Waals surface area contributed by atoms with Crippen molar-refractivity contribution in [3.05, 3.63) is 71.1 Å². The number of rotatable bonds is 4. The van der Waals surface area contributed by atoms with Crippen LogP contribution in [0.5, 0.6) is 5.75 Å². The van der Waals surface area contributed by atoms with E-state index < -0.39 is 41.1 Å². The summed E-state index contributed by atoms with van der Waals surface area (Å²) in [6, 6.07) is 7.96. The van der Waals surface area contributed by atoms with E-state index in [1.165, 1.54) is 24.2 Å². The van der Waals surface area contributed by atoms with Gasteiger partial charge in [0.1, 0.15) is 5.75 Å². The molecule has 0 aliphatic carbocycles. The molecule has 0 bridgehead atoms. The van der Waals surface area contributed by atoms with E-state index >= 15 is 0 Å². The number of esters is 1. The zero-order chi connectivity index (χ0) is 27.1. The van der Waals surface area contributed by atoms with Gasteiger partial charge in [0.2, 0.25) is 0 Å². The normalized spacial score (nSPS) is 14.6. The molecule has 37 heavy (non-hydrogen) atoms. The number of hydrogen-bond donors (Lipinski definition) is 2. The molecular formula is C27H27F2N3O5. The number of nitrogens with zero attached hydrogens (tertiary/aromatic N) is 1. The van der Waals surface area contributed by atoms with Crippen molar-refractivity contribution in [3.8, 4) is 5.75 Å². The van der Waals surface area contributed by atoms with Gasteiger partial charge in [-0.15, -0.1) is 0 Å². The maximum absolute atomic E-state index is 13.9. The van der Waals surface area contributed by atoms with Gasteiger partial charge in [-0.2, -0.15) is 0 Å². The van der Waals surface area contributed by atoms with Crippen LogP contribution in [0.2, 0.25) is 0 Å². The van der Waals surface area contributed by atoms with Gasteiger partial charge in [0.25, 0.3) is 5.91 Å². The van der Waals surface area contributed by atoms with Gasteiger partial charge >= 0.3 is 12.1 Å². The molecule has 0 spiro atoms. The van der Waals surface area contributed by atoms with E-state index in [2.05, 4.69) is 10.3 Å². The van der Waals surface area contributed by atoms with Gasteiger partial charge in [0.15, 0.2) is 11.6 Å². The highest BCUT2D eigenvalue weighted by Crippen LogP contribution is 2.41. The van der Waals surface area contributed by atoms with Crippen molar-refractivity contribution in [1.29, 1.82) is 0 Å².